The molecule has 0 radical (unpaired) electrons. The predicted octanol–water partition coefficient (Wildman–Crippen LogP) is 4.28. The molecular formula is C16H17N3O2S. The van der Waals surface area contributed by atoms with E-state index in [9.17, 15) is 4.79 Å². The lowest BCUT2D eigenvalue weighted by Gasteiger charge is -1.98. The fourth-order valence-corrected chi connectivity index (χ4v) is 3.01. The molecule has 1 aromatic carbocycles. The zero-order chi connectivity index (χ0) is 15.9. The first kappa shape index (κ1) is 14.7. The number of carbonyl (C=O) groups excluding carboxylic acids is 1. The van der Waals surface area contributed by atoms with Gasteiger partial charge in [0.2, 0.25) is 5.13 Å². The largest absolute Gasteiger partial charge is 0.450 e. The number of hydrogen-bond donors (Lipinski definition) is 1. The summed E-state index contributed by atoms with van der Waals surface area (Å²) in [4.78, 5) is 12.4. The summed E-state index contributed by atoms with van der Waals surface area (Å²) in [6.07, 6.45) is 0. The summed E-state index contributed by atoms with van der Waals surface area (Å²) in [5.74, 6) is 0.323. The number of rotatable bonds is 3. The minimum absolute atomic E-state index is 0.290. The zero-order valence-electron chi connectivity index (χ0n) is 12.9. The number of furan rings is 1. The second kappa shape index (κ2) is 5.53. The SMILES string of the molecule is Cc1c(C(=O)Nc2nnc(C(C)C)s2)oc2c(C)cccc12. The first-order valence-corrected chi connectivity index (χ1v) is 7.92. The van der Waals surface area contributed by atoms with Gasteiger partial charge in [-0.25, -0.2) is 0 Å². The van der Waals surface area contributed by atoms with Gasteiger partial charge in [-0.3, -0.25) is 10.1 Å². The van der Waals surface area contributed by atoms with Crippen LogP contribution in [0.25, 0.3) is 11.0 Å². The summed E-state index contributed by atoms with van der Waals surface area (Å²) < 4.78 is 5.76. The molecule has 0 saturated heterocycles. The number of benzene rings is 1. The molecule has 1 amide bonds. The highest BCUT2D eigenvalue weighted by atomic mass is 32.1. The standard InChI is InChI=1S/C16H17N3O2S/c1-8(2)15-18-19-16(22-15)17-14(20)13-10(4)11-7-5-6-9(3)12(11)21-13/h5-8H,1-4H3,(H,17,19,20). The Morgan fingerprint density at radius 2 is 2.05 bits per heavy atom. The number of carbonyl (C=O) groups is 1. The van der Waals surface area contributed by atoms with Crippen LogP contribution in [0.5, 0.6) is 0 Å². The molecule has 2 aromatic heterocycles. The molecule has 3 aromatic rings. The molecule has 0 atom stereocenters. The molecule has 0 fully saturated rings. The molecule has 1 N–H and O–H groups in total. The molecular weight excluding hydrogens is 298 g/mol. The average Bonchev–Trinajstić information content (AvgIpc) is 3.05. The first-order chi connectivity index (χ1) is 10.5. The molecule has 0 spiro atoms. The third-order valence-electron chi connectivity index (χ3n) is 3.52. The van der Waals surface area contributed by atoms with Crippen molar-refractivity contribution in [3.8, 4) is 0 Å². The second-order valence-corrected chi connectivity index (χ2v) is 6.57. The van der Waals surface area contributed by atoms with Crippen LogP contribution in [0.2, 0.25) is 0 Å². The number of para-hydroxylation sites is 1. The molecule has 114 valence electrons. The van der Waals surface area contributed by atoms with Crippen molar-refractivity contribution in [1.82, 2.24) is 10.2 Å². The summed E-state index contributed by atoms with van der Waals surface area (Å²) in [6.45, 7) is 7.93. The van der Waals surface area contributed by atoms with Gasteiger partial charge in [-0.15, -0.1) is 10.2 Å². The van der Waals surface area contributed by atoms with E-state index in [0.29, 0.717) is 16.8 Å². The molecule has 0 aliphatic heterocycles. The van der Waals surface area contributed by atoms with Crippen molar-refractivity contribution in [2.45, 2.75) is 33.6 Å². The maximum absolute atomic E-state index is 12.4. The van der Waals surface area contributed by atoms with Crippen LogP contribution in [-0.2, 0) is 0 Å². The van der Waals surface area contributed by atoms with Gasteiger partial charge in [0.15, 0.2) is 5.76 Å². The fourth-order valence-electron chi connectivity index (χ4n) is 2.27. The Kier molecular flexibility index (Phi) is 3.70. The summed E-state index contributed by atoms with van der Waals surface area (Å²) in [7, 11) is 0. The molecule has 0 unspecified atom stereocenters. The Morgan fingerprint density at radius 1 is 1.27 bits per heavy atom. The van der Waals surface area contributed by atoms with Crippen LogP contribution in [-0.4, -0.2) is 16.1 Å². The maximum atomic E-state index is 12.4. The van der Waals surface area contributed by atoms with Crippen LogP contribution < -0.4 is 5.32 Å². The summed E-state index contributed by atoms with van der Waals surface area (Å²) in [5.41, 5.74) is 2.60. The number of nitrogens with one attached hydrogen (secondary N) is 1. The van der Waals surface area contributed by atoms with E-state index in [1.807, 2.05) is 45.9 Å². The Hall–Kier alpha value is -2.21. The molecule has 0 aliphatic rings. The van der Waals surface area contributed by atoms with Gasteiger partial charge >= 0.3 is 0 Å². The highest BCUT2D eigenvalue weighted by Gasteiger charge is 2.20. The van der Waals surface area contributed by atoms with Crippen LogP contribution in [0.15, 0.2) is 22.6 Å². The van der Waals surface area contributed by atoms with Crippen LogP contribution in [0.1, 0.15) is 46.5 Å². The zero-order valence-corrected chi connectivity index (χ0v) is 13.7. The first-order valence-electron chi connectivity index (χ1n) is 7.11. The minimum Gasteiger partial charge on any atom is -0.450 e. The summed E-state index contributed by atoms with van der Waals surface area (Å²) in [6, 6.07) is 5.88. The van der Waals surface area contributed by atoms with Gasteiger partial charge in [0, 0.05) is 16.9 Å². The third kappa shape index (κ3) is 2.50. The summed E-state index contributed by atoms with van der Waals surface area (Å²) in [5, 5.41) is 13.2. The quantitative estimate of drug-likeness (QED) is 0.783. The molecule has 3 rings (SSSR count). The van der Waals surface area contributed by atoms with Crippen molar-refractivity contribution in [3.05, 3.63) is 40.1 Å². The van der Waals surface area contributed by atoms with E-state index in [0.717, 1.165) is 27.1 Å². The number of hydrogen-bond acceptors (Lipinski definition) is 5. The lowest BCUT2D eigenvalue weighted by molar-refractivity contribution is 0.0998. The monoisotopic (exact) mass is 315 g/mol. The summed E-state index contributed by atoms with van der Waals surface area (Å²) >= 11 is 1.38. The topological polar surface area (TPSA) is 68.0 Å². The van der Waals surface area contributed by atoms with Gasteiger partial charge in [-0.2, -0.15) is 0 Å². The van der Waals surface area contributed by atoms with Crippen LogP contribution >= 0.6 is 11.3 Å². The van der Waals surface area contributed by atoms with E-state index in [2.05, 4.69) is 15.5 Å². The Labute approximate surface area is 132 Å². The van der Waals surface area contributed by atoms with Crippen molar-refractivity contribution < 1.29 is 9.21 Å². The lowest BCUT2D eigenvalue weighted by atomic mass is 10.1. The molecule has 0 aliphatic carbocycles. The lowest BCUT2D eigenvalue weighted by Crippen LogP contribution is -2.11. The van der Waals surface area contributed by atoms with Crippen molar-refractivity contribution in [1.29, 1.82) is 0 Å². The third-order valence-corrected chi connectivity index (χ3v) is 4.66. The van der Waals surface area contributed by atoms with Crippen molar-refractivity contribution in [3.63, 3.8) is 0 Å². The van der Waals surface area contributed by atoms with Gasteiger partial charge in [-0.1, -0.05) is 43.4 Å². The van der Waals surface area contributed by atoms with Crippen molar-refractivity contribution in [2.75, 3.05) is 5.32 Å². The number of anilines is 1. The molecule has 0 saturated carbocycles. The van der Waals surface area contributed by atoms with E-state index < -0.39 is 0 Å². The fraction of sp³-hybridized carbons (Fsp3) is 0.312. The Morgan fingerprint density at radius 3 is 2.68 bits per heavy atom. The van der Waals surface area contributed by atoms with Crippen LogP contribution in [0.3, 0.4) is 0 Å². The highest BCUT2D eigenvalue weighted by Crippen LogP contribution is 2.29. The highest BCUT2D eigenvalue weighted by molar-refractivity contribution is 7.15. The normalized spacial score (nSPS) is 11.3. The number of aryl methyl sites for hydroxylation is 2. The van der Waals surface area contributed by atoms with Gasteiger partial charge in [0.05, 0.1) is 0 Å². The minimum atomic E-state index is -0.292. The molecule has 0 bridgehead atoms. The van der Waals surface area contributed by atoms with E-state index >= 15 is 0 Å². The molecule has 6 heteroatoms. The molecule has 2 heterocycles. The van der Waals surface area contributed by atoms with Crippen molar-refractivity contribution >= 4 is 33.3 Å². The van der Waals surface area contributed by atoms with Gasteiger partial charge in [0.25, 0.3) is 5.91 Å². The number of fused-ring (bicyclic) bond motifs is 1. The van der Waals surface area contributed by atoms with E-state index in [1.54, 1.807) is 0 Å². The molecule has 22 heavy (non-hydrogen) atoms. The average molecular weight is 315 g/mol. The number of nitrogens with zero attached hydrogens (tertiary/aromatic N) is 2. The smallest absolute Gasteiger partial charge is 0.293 e. The van der Waals surface area contributed by atoms with Crippen LogP contribution in [0.4, 0.5) is 5.13 Å². The van der Waals surface area contributed by atoms with E-state index in [4.69, 9.17) is 4.42 Å². The Balaban J connectivity index is 1.91. The second-order valence-electron chi connectivity index (χ2n) is 5.56. The molecule has 5 nitrogen and oxygen atoms in total. The Bertz CT molecular complexity index is 848. The van der Waals surface area contributed by atoms with Gasteiger partial charge in [0.1, 0.15) is 10.6 Å². The van der Waals surface area contributed by atoms with Crippen LogP contribution in [0, 0.1) is 13.8 Å². The maximum Gasteiger partial charge on any atom is 0.293 e. The number of aromatic nitrogens is 2. The van der Waals surface area contributed by atoms with E-state index in [-0.39, 0.29) is 5.91 Å². The van der Waals surface area contributed by atoms with Gasteiger partial charge in [-0.05, 0) is 19.4 Å². The van der Waals surface area contributed by atoms with E-state index in [1.165, 1.54) is 11.3 Å². The predicted molar refractivity (Wildman–Crippen MR) is 87.6 cm³/mol. The number of amides is 1. The van der Waals surface area contributed by atoms with Crippen molar-refractivity contribution in [2.24, 2.45) is 0 Å². The van der Waals surface area contributed by atoms with Gasteiger partial charge < -0.3 is 4.42 Å².